The van der Waals surface area contributed by atoms with Crippen LogP contribution >= 0.6 is 0 Å². The average molecular weight is 295 g/mol. The number of hydrogen-bond acceptors (Lipinski definition) is 6. The molecule has 0 bridgehead atoms. The van der Waals surface area contributed by atoms with Gasteiger partial charge in [0.15, 0.2) is 5.69 Å². The van der Waals surface area contributed by atoms with E-state index in [0.717, 1.165) is 19.4 Å². The van der Waals surface area contributed by atoms with Gasteiger partial charge < -0.3 is 15.4 Å². The Balaban J connectivity index is 2.38. The Kier molecular flexibility index (Phi) is 4.89. The quantitative estimate of drug-likeness (QED) is 0.752. The van der Waals surface area contributed by atoms with Gasteiger partial charge >= 0.3 is 5.97 Å². The van der Waals surface area contributed by atoms with E-state index in [4.69, 9.17) is 4.74 Å². The smallest absolute Gasteiger partial charge is 0.360 e. The molecular formula is C13H21N5O3. The van der Waals surface area contributed by atoms with Crippen molar-refractivity contribution in [2.75, 3.05) is 20.2 Å². The number of amides is 1. The highest BCUT2D eigenvalue weighted by Crippen LogP contribution is 2.27. The summed E-state index contributed by atoms with van der Waals surface area (Å²) in [5.74, 6) is -0.689. The number of likely N-dealkylation sites (N-methyl/N-ethyl adjacent to an activating group) is 1. The number of nitrogens with one attached hydrogen (secondary N) is 2. The van der Waals surface area contributed by atoms with Gasteiger partial charge in [-0.15, -0.1) is 5.10 Å². The molecule has 1 fully saturated rings. The van der Waals surface area contributed by atoms with E-state index in [1.165, 1.54) is 11.8 Å². The number of methoxy groups -OCH3 is 1. The maximum Gasteiger partial charge on any atom is 0.360 e. The molecule has 2 atom stereocenters. The molecule has 0 aliphatic carbocycles. The number of carbonyl (C=O) groups excluding carboxylic acids is 2. The fraction of sp³-hybridized carbons (Fsp3) is 0.692. The molecule has 8 heteroatoms. The third kappa shape index (κ3) is 3.05. The molecule has 1 amide bonds. The van der Waals surface area contributed by atoms with E-state index in [1.54, 1.807) is 6.92 Å². The predicted octanol–water partition coefficient (Wildman–Crippen LogP) is 0.186. The summed E-state index contributed by atoms with van der Waals surface area (Å²) < 4.78 is 6.27. The van der Waals surface area contributed by atoms with Crippen molar-refractivity contribution >= 4 is 11.9 Å². The first-order valence-corrected chi connectivity index (χ1v) is 7.14. The fourth-order valence-electron chi connectivity index (χ4n) is 2.50. The Bertz CT molecular complexity index is 522. The van der Waals surface area contributed by atoms with E-state index in [2.05, 4.69) is 20.9 Å². The molecule has 1 aliphatic heterocycles. The van der Waals surface area contributed by atoms with Crippen molar-refractivity contribution in [3.63, 3.8) is 0 Å². The summed E-state index contributed by atoms with van der Waals surface area (Å²) in [5, 5.41) is 14.0. The molecule has 116 valence electrons. The van der Waals surface area contributed by atoms with Gasteiger partial charge in [-0.3, -0.25) is 4.79 Å². The van der Waals surface area contributed by atoms with Crippen molar-refractivity contribution in [1.29, 1.82) is 0 Å². The van der Waals surface area contributed by atoms with Crippen LogP contribution in [0.4, 0.5) is 0 Å². The van der Waals surface area contributed by atoms with Crippen molar-refractivity contribution < 1.29 is 14.3 Å². The summed E-state index contributed by atoms with van der Waals surface area (Å²) in [7, 11) is 1.31. The minimum absolute atomic E-state index is 0.0361. The van der Waals surface area contributed by atoms with E-state index in [-0.39, 0.29) is 17.6 Å². The fourth-order valence-corrected chi connectivity index (χ4v) is 2.50. The largest absolute Gasteiger partial charge is 0.464 e. The predicted molar refractivity (Wildman–Crippen MR) is 74.7 cm³/mol. The Morgan fingerprint density at radius 1 is 1.57 bits per heavy atom. The Labute approximate surface area is 123 Å². The van der Waals surface area contributed by atoms with Crippen LogP contribution in [0.5, 0.6) is 0 Å². The number of rotatable bonds is 5. The molecule has 2 rings (SSSR count). The van der Waals surface area contributed by atoms with E-state index in [1.807, 2.05) is 6.92 Å². The van der Waals surface area contributed by atoms with Crippen LogP contribution in [0.25, 0.3) is 0 Å². The highest BCUT2D eigenvalue weighted by atomic mass is 16.5. The van der Waals surface area contributed by atoms with Crippen molar-refractivity contribution in [3.8, 4) is 0 Å². The topological polar surface area (TPSA) is 98.1 Å². The second-order valence-electron chi connectivity index (χ2n) is 4.98. The molecule has 2 N–H and O–H groups in total. The van der Waals surface area contributed by atoms with Gasteiger partial charge in [0.1, 0.15) is 6.04 Å². The third-order valence-corrected chi connectivity index (χ3v) is 3.60. The molecule has 1 saturated heterocycles. The van der Waals surface area contributed by atoms with Gasteiger partial charge in [-0.05, 0) is 33.2 Å². The van der Waals surface area contributed by atoms with Crippen molar-refractivity contribution in [3.05, 3.63) is 11.4 Å². The lowest BCUT2D eigenvalue weighted by Crippen LogP contribution is -2.33. The summed E-state index contributed by atoms with van der Waals surface area (Å²) in [6.45, 7) is 5.00. The highest BCUT2D eigenvalue weighted by Gasteiger charge is 2.32. The lowest BCUT2D eigenvalue weighted by atomic mass is 10.1. The Morgan fingerprint density at radius 3 is 2.90 bits per heavy atom. The monoisotopic (exact) mass is 295 g/mol. The minimum atomic E-state index is -0.534. The van der Waals surface area contributed by atoms with Crippen LogP contribution in [-0.4, -0.2) is 47.1 Å². The maximum atomic E-state index is 12.0. The number of ether oxygens (including phenoxy) is 1. The summed E-state index contributed by atoms with van der Waals surface area (Å²) in [5.41, 5.74) is 0.797. The van der Waals surface area contributed by atoms with Gasteiger partial charge in [0.25, 0.3) is 0 Å². The molecule has 0 saturated carbocycles. The summed E-state index contributed by atoms with van der Waals surface area (Å²) >= 11 is 0. The Hall–Kier alpha value is -1.96. The molecule has 1 aliphatic rings. The molecule has 2 unspecified atom stereocenters. The molecule has 1 aromatic rings. The normalized spacial score (nSPS) is 19.3. The van der Waals surface area contributed by atoms with Gasteiger partial charge in [0.05, 0.1) is 18.8 Å². The van der Waals surface area contributed by atoms with Crippen molar-refractivity contribution in [1.82, 2.24) is 25.6 Å². The number of hydrogen-bond donors (Lipinski definition) is 2. The first kappa shape index (κ1) is 15.4. The van der Waals surface area contributed by atoms with Gasteiger partial charge in [0.2, 0.25) is 5.91 Å². The second-order valence-corrected chi connectivity index (χ2v) is 4.98. The zero-order chi connectivity index (χ0) is 15.4. The van der Waals surface area contributed by atoms with E-state index in [0.29, 0.717) is 12.2 Å². The first-order chi connectivity index (χ1) is 10.1. The SMILES string of the molecule is CCNC(=O)C(C)n1nnc(C(=O)OC)c1C1CCCN1. The lowest BCUT2D eigenvalue weighted by Gasteiger charge is -2.18. The molecule has 1 aromatic heterocycles. The van der Waals surface area contributed by atoms with E-state index in [9.17, 15) is 9.59 Å². The lowest BCUT2D eigenvalue weighted by molar-refractivity contribution is -0.124. The third-order valence-electron chi connectivity index (χ3n) is 3.60. The van der Waals surface area contributed by atoms with Gasteiger partial charge in [-0.2, -0.15) is 0 Å². The molecule has 0 spiro atoms. The number of aromatic nitrogens is 3. The zero-order valence-electron chi connectivity index (χ0n) is 12.5. The highest BCUT2D eigenvalue weighted by molar-refractivity contribution is 5.88. The standard InChI is InChI=1S/C13H21N5O3/c1-4-14-12(19)8(2)18-11(9-6-5-7-15-9)10(16-17-18)13(20)21-3/h8-9,15H,4-7H2,1-3H3,(H,14,19). The van der Waals surface area contributed by atoms with Crippen LogP contribution in [0.15, 0.2) is 0 Å². The number of carbonyl (C=O) groups is 2. The van der Waals surface area contributed by atoms with Crippen LogP contribution in [-0.2, 0) is 9.53 Å². The average Bonchev–Trinajstić information content (AvgIpc) is 3.14. The number of nitrogens with zero attached hydrogens (tertiary/aromatic N) is 3. The zero-order valence-corrected chi connectivity index (χ0v) is 12.5. The molecule has 21 heavy (non-hydrogen) atoms. The van der Waals surface area contributed by atoms with Gasteiger partial charge in [0, 0.05) is 6.54 Å². The summed E-state index contributed by atoms with van der Waals surface area (Å²) in [6, 6.07) is -0.570. The molecular weight excluding hydrogens is 274 g/mol. The Morgan fingerprint density at radius 2 is 2.33 bits per heavy atom. The van der Waals surface area contributed by atoms with Crippen LogP contribution in [0.3, 0.4) is 0 Å². The van der Waals surface area contributed by atoms with Crippen molar-refractivity contribution in [2.24, 2.45) is 0 Å². The van der Waals surface area contributed by atoms with Crippen LogP contribution < -0.4 is 10.6 Å². The second kappa shape index (κ2) is 6.66. The van der Waals surface area contributed by atoms with Gasteiger partial charge in [-0.1, -0.05) is 5.21 Å². The van der Waals surface area contributed by atoms with Crippen LogP contribution in [0.1, 0.15) is 55.0 Å². The van der Waals surface area contributed by atoms with E-state index >= 15 is 0 Å². The molecule has 8 nitrogen and oxygen atoms in total. The molecule has 0 radical (unpaired) electrons. The van der Waals surface area contributed by atoms with Gasteiger partial charge in [-0.25, -0.2) is 9.48 Å². The van der Waals surface area contributed by atoms with E-state index < -0.39 is 12.0 Å². The van der Waals surface area contributed by atoms with Crippen LogP contribution in [0, 0.1) is 0 Å². The minimum Gasteiger partial charge on any atom is -0.464 e. The molecule has 0 aromatic carbocycles. The summed E-state index contributed by atoms with van der Waals surface area (Å²) in [4.78, 5) is 23.9. The molecule has 2 heterocycles. The first-order valence-electron chi connectivity index (χ1n) is 7.14. The number of esters is 1. The maximum absolute atomic E-state index is 12.0. The van der Waals surface area contributed by atoms with Crippen molar-refractivity contribution in [2.45, 2.75) is 38.8 Å². The van der Waals surface area contributed by atoms with Crippen LogP contribution in [0.2, 0.25) is 0 Å². The summed E-state index contributed by atoms with van der Waals surface area (Å²) in [6.07, 6.45) is 1.88.